The van der Waals surface area contributed by atoms with Crippen LogP contribution in [0.4, 0.5) is 5.82 Å². The summed E-state index contributed by atoms with van der Waals surface area (Å²) in [7, 11) is 0. The van der Waals surface area contributed by atoms with Crippen LogP contribution in [0.15, 0.2) is 36.4 Å². The molecule has 0 radical (unpaired) electrons. The average molecular weight is 247 g/mol. The number of benzene rings is 1. The van der Waals surface area contributed by atoms with Crippen molar-refractivity contribution >= 4 is 17.4 Å². The molecule has 0 aliphatic heterocycles. The van der Waals surface area contributed by atoms with E-state index in [1.165, 1.54) is 16.7 Å². The Bertz CT molecular complexity index is 523. The molecule has 0 saturated carbocycles. The first kappa shape index (κ1) is 11.9. The maximum absolute atomic E-state index is 5.83. The normalized spacial score (nSPS) is 10.3. The van der Waals surface area contributed by atoms with E-state index in [0.717, 1.165) is 12.4 Å². The van der Waals surface area contributed by atoms with Crippen molar-refractivity contribution < 1.29 is 0 Å². The van der Waals surface area contributed by atoms with Gasteiger partial charge in [-0.3, -0.25) is 0 Å². The summed E-state index contributed by atoms with van der Waals surface area (Å²) in [6.45, 7) is 4.98. The summed E-state index contributed by atoms with van der Waals surface area (Å²) in [6.07, 6.45) is 0. The number of hydrogen-bond acceptors (Lipinski definition) is 2. The van der Waals surface area contributed by atoms with Gasteiger partial charge in [0.25, 0.3) is 0 Å². The number of pyridine rings is 1. The van der Waals surface area contributed by atoms with Crippen LogP contribution < -0.4 is 5.32 Å². The van der Waals surface area contributed by atoms with Crippen molar-refractivity contribution in [3.05, 3.63) is 58.2 Å². The minimum atomic E-state index is 0.510. The average Bonchev–Trinajstić information content (AvgIpc) is 2.30. The molecule has 0 bridgehead atoms. The molecule has 2 nitrogen and oxygen atoms in total. The predicted octanol–water partition coefficient (Wildman–Crippen LogP) is 3.96. The van der Waals surface area contributed by atoms with Crippen molar-refractivity contribution in [1.29, 1.82) is 0 Å². The number of nitrogens with one attached hydrogen (secondary N) is 1. The number of nitrogens with zero attached hydrogens (tertiary/aromatic N) is 1. The van der Waals surface area contributed by atoms with E-state index in [-0.39, 0.29) is 0 Å². The van der Waals surface area contributed by atoms with E-state index in [2.05, 4.69) is 42.3 Å². The van der Waals surface area contributed by atoms with Crippen LogP contribution in [0, 0.1) is 13.8 Å². The van der Waals surface area contributed by atoms with Gasteiger partial charge >= 0.3 is 0 Å². The summed E-state index contributed by atoms with van der Waals surface area (Å²) < 4.78 is 0. The van der Waals surface area contributed by atoms with Gasteiger partial charge in [0, 0.05) is 6.54 Å². The van der Waals surface area contributed by atoms with E-state index < -0.39 is 0 Å². The van der Waals surface area contributed by atoms with Gasteiger partial charge in [0.05, 0.1) is 0 Å². The van der Waals surface area contributed by atoms with Gasteiger partial charge in [-0.15, -0.1) is 0 Å². The third-order valence-corrected chi connectivity index (χ3v) is 2.89. The standard InChI is InChI=1S/C14H15ClN2/c1-10-6-7-11(2)12(8-10)9-16-14-5-3-4-13(15)17-14/h3-8H,9H2,1-2H3,(H,16,17). The Morgan fingerprint density at radius 2 is 2.00 bits per heavy atom. The molecule has 0 atom stereocenters. The molecule has 1 N–H and O–H groups in total. The number of aromatic nitrogens is 1. The quantitative estimate of drug-likeness (QED) is 0.829. The molecule has 1 aromatic carbocycles. The van der Waals surface area contributed by atoms with E-state index >= 15 is 0 Å². The van der Waals surface area contributed by atoms with Crippen LogP contribution in [0.5, 0.6) is 0 Å². The van der Waals surface area contributed by atoms with Crippen LogP contribution in [0.1, 0.15) is 16.7 Å². The third kappa shape index (κ3) is 3.21. The van der Waals surface area contributed by atoms with Crippen LogP contribution in [-0.4, -0.2) is 4.98 Å². The molecule has 0 aliphatic rings. The molecule has 0 fully saturated rings. The first-order valence-electron chi connectivity index (χ1n) is 5.58. The summed E-state index contributed by atoms with van der Waals surface area (Å²) in [4.78, 5) is 4.19. The zero-order valence-electron chi connectivity index (χ0n) is 10.00. The Kier molecular flexibility index (Phi) is 3.64. The summed E-state index contributed by atoms with van der Waals surface area (Å²) >= 11 is 5.83. The number of anilines is 1. The van der Waals surface area contributed by atoms with Gasteiger partial charge in [-0.2, -0.15) is 0 Å². The molecule has 1 aromatic heterocycles. The highest BCUT2D eigenvalue weighted by molar-refractivity contribution is 6.29. The van der Waals surface area contributed by atoms with Gasteiger partial charge in [-0.1, -0.05) is 41.4 Å². The summed E-state index contributed by atoms with van der Waals surface area (Å²) in [5.74, 6) is 0.804. The zero-order chi connectivity index (χ0) is 12.3. The van der Waals surface area contributed by atoms with Crippen molar-refractivity contribution in [1.82, 2.24) is 4.98 Å². The van der Waals surface area contributed by atoms with E-state index in [1.807, 2.05) is 12.1 Å². The van der Waals surface area contributed by atoms with Gasteiger partial charge in [-0.25, -0.2) is 4.98 Å². The van der Waals surface area contributed by atoms with E-state index in [9.17, 15) is 0 Å². The Hall–Kier alpha value is -1.54. The minimum absolute atomic E-state index is 0.510. The number of halogens is 1. The number of rotatable bonds is 3. The van der Waals surface area contributed by atoms with Gasteiger partial charge in [-0.05, 0) is 37.1 Å². The van der Waals surface area contributed by atoms with Gasteiger partial charge < -0.3 is 5.32 Å². The zero-order valence-corrected chi connectivity index (χ0v) is 10.8. The molecule has 0 amide bonds. The number of hydrogen-bond donors (Lipinski definition) is 1. The van der Waals surface area contributed by atoms with E-state index in [1.54, 1.807) is 6.07 Å². The second kappa shape index (κ2) is 5.19. The highest BCUT2D eigenvalue weighted by Crippen LogP contribution is 2.14. The highest BCUT2D eigenvalue weighted by atomic mass is 35.5. The second-order valence-corrected chi connectivity index (χ2v) is 4.52. The van der Waals surface area contributed by atoms with Gasteiger partial charge in [0.15, 0.2) is 0 Å². The first-order valence-corrected chi connectivity index (χ1v) is 5.95. The SMILES string of the molecule is Cc1ccc(C)c(CNc2cccc(Cl)n2)c1. The highest BCUT2D eigenvalue weighted by Gasteiger charge is 2.00. The molecule has 0 saturated heterocycles. The van der Waals surface area contributed by atoms with E-state index in [4.69, 9.17) is 11.6 Å². The van der Waals surface area contributed by atoms with Gasteiger partial charge in [0.2, 0.25) is 0 Å². The minimum Gasteiger partial charge on any atom is -0.366 e. The Morgan fingerprint density at radius 1 is 1.18 bits per heavy atom. The lowest BCUT2D eigenvalue weighted by Gasteiger charge is -2.09. The molecule has 3 heteroatoms. The lowest BCUT2D eigenvalue weighted by Crippen LogP contribution is -2.03. The third-order valence-electron chi connectivity index (χ3n) is 2.68. The summed E-state index contributed by atoms with van der Waals surface area (Å²) in [6, 6.07) is 12.0. The molecule has 1 heterocycles. The van der Waals surface area contributed by atoms with Crippen LogP contribution in [0.3, 0.4) is 0 Å². The Labute approximate surface area is 107 Å². The smallest absolute Gasteiger partial charge is 0.131 e. The first-order chi connectivity index (χ1) is 8.15. The van der Waals surface area contributed by atoms with Crippen LogP contribution in [-0.2, 0) is 6.54 Å². The van der Waals surface area contributed by atoms with Gasteiger partial charge in [0.1, 0.15) is 11.0 Å². The summed E-state index contributed by atoms with van der Waals surface area (Å²) in [5, 5.41) is 3.78. The van der Waals surface area contributed by atoms with Crippen LogP contribution >= 0.6 is 11.6 Å². The molecule has 88 valence electrons. The van der Waals surface area contributed by atoms with Crippen molar-refractivity contribution in [3.63, 3.8) is 0 Å². The van der Waals surface area contributed by atoms with Crippen molar-refractivity contribution in [2.24, 2.45) is 0 Å². The molecular weight excluding hydrogens is 232 g/mol. The monoisotopic (exact) mass is 246 g/mol. The molecule has 2 aromatic rings. The lowest BCUT2D eigenvalue weighted by molar-refractivity contribution is 1.08. The largest absolute Gasteiger partial charge is 0.366 e. The van der Waals surface area contributed by atoms with Crippen molar-refractivity contribution in [2.75, 3.05) is 5.32 Å². The van der Waals surface area contributed by atoms with Crippen molar-refractivity contribution in [2.45, 2.75) is 20.4 Å². The van der Waals surface area contributed by atoms with E-state index in [0.29, 0.717) is 5.15 Å². The van der Waals surface area contributed by atoms with Crippen molar-refractivity contribution in [3.8, 4) is 0 Å². The molecule has 0 aliphatic carbocycles. The van der Waals surface area contributed by atoms with Crippen LogP contribution in [0.2, 0.25) is 5.15 Å². The maximum Gasteiger partial charge on any atom is 0.131 e. The lowest BCUT2D eigenvalue weighted by atomic mass is 10.1. The predicted molar refractivity (Wildman–Crippen MR) is 72.5 cm³/mol. The maximum atomic E-state index is 5.83. The fourth-order valence-electron chi connectivity index (χ4n) is 1.68. The fraction of sp³-hybridized carbons (Fsp3) is 0.214. The second-order valence-electron chi connectivity index (χ2n) is 4.13. The molecule has 0 unspecified atom stereocenters. The Balaban J connectivity index is 2.09. The Morgan fingerprint density at radius 3 is 2.76 bits per heavy atom. The molecule has 2 rings (SSSR count). The molecular formula is C14H15ClN2. The van der Waals surface area contributed by atoms with Crippen LogP contribution in [0.25, 0.3) is 0 Å². The molecule has 17 heavy (non-hydrogen) atoms. The summed E-state index contributed by atoms with van der Waals surface area (Å²) in [5.41, 5.74) is 3.84. The molecule has 0 spiro atoms. The fourth-order valence-corrected chi connectivity index (χ4v) is 1.85. The number of aryl methyl sites for hydroxylation is 2. The topological polar surface area (TPSA) is 24.9 Å².